The van der Waals surface area contributed by atoms with Gasteiger partial charge in [-0.05, 0) is 137 Å². The lowest BCUT2D eigenvalue weighted by atomic mass is 9.67. The average molecular weight is 804 g/mol. The summed E-state index contributed by atoms with van der Waals surface area (Å²) >= 11 is 0. The zero-order chi connectivity index (χ0) is 42.1. The van der Waals surface area contributed by atoms with Gasteiger partial charge in [0.25, 0.3) is 0 Å². The number of benzene rings is 10. The summed E-state index contributed by atoms with van der Waals surface area (Å²) in [6, 6.07) is 87.8. The minimum absolute atomic E-state index is 0.0588. The van der Waals surface area contributed by atoms with Gasteiger partial charge in [-0.3, -0.25) is 0 Å². The van der Waals surface area contributed by atoms with Crippen LogP contribution in [0.15, 0.2) is 237 Å². The second-order valence-electron chi connectivity index (χ2n) is 17.7. The summed E-state index contributed by atoms with van der Waals surface area (Å²) in [4.78, 5) is 2.45. The van der Waals surface area contributed by atoms with Gasteiger partial charge in [-0.2, -0.15) is 0 Å². The van der Waals surface area contributed by atoms with Gasteiger partial charge in [-0.25, -0.2) is 0 Å². The Balaban J connectivity index is 1.03. The van der Waals surface area contributed by atoms with Gasteiger partial charge in [0.2, 0.25) is 0 Å². The molecule has 0 heterocycles. The predicted molar refractivity (Wildman–Crippen MR) is 264 cm³/mol. The van der Waals surface area contributed by atoms with Crippen LogP contribution in [0.2, 0.25) is 0 Å². The van der Waals surface area contributed by atoms with Gasteiger partial charge in [-0.15, -0.1) is 0 Å². The zero-order valence-electron chi connectivity index (χ0n) is 35.5. The van der Waals surface area contributed by atoms with Crippen LogP contribution in [0.1, 0.15) is 47.2 Å². The maximum Gasteiger partial charge on any atom is 0.0714 e. The molecule has 0 bridgehead atoms. The standard InChI is InChI=1S/C62H45N/c1-61(2)57-26-13-11-24-53(57)55-36-32-47(40-59(55)61)43-30-33-50(34-31-43)63(51-23-15-18-45(39-51)46-29-28-42-16-9-10-17-44(42)38-46)52-35-37-56-54-25-12-14-27-58(54)62(60(56)41-52,48-19-5-3-6-20-48)49-21-7-4-8-22-49/h3-41H,1-2H3. The largest absolute Gasteiger partial charge is 0.310 e. The van der Waals surface area contributed by atoms with Gasteiger partial charge in [0.1, 0.15) is 0 Å². The van der Waals surface area contributed by atoms with E-state index in [0.717, 1.165) is 17.1 Å². The Morgan fingerprint density at radius 3 is 1.54 bits per heavy atom. The summed E-state index contributed by atoms with van der Waals surface area (Å²) in [5.74, 6) is 0. The first-order valence-electron chi connectivity index (χ1n) is 22.1. The van der Waals surface area contributed by atoms with Crippen molar-refractivity contribution < 1.29 is 0 Å². The first-order chi connectivity index (χ1) is 31.0. The Bertz CT molecular complexity index is 3320. The van der Waals surface area contributed by atoms with Crippen LogP contribution in [0.4, 0.5) is 17.1 Å². The smallest absolute Gasteiger partial charge is 0.0714 e. The third-order valence-corrected chi connectivity index (χ3v) is 13.9. The second-order valence-corrected chi connectivity index (χ2v) is 17.7. The van der Waals surface area contributed by atoms with E-state index < -0.39 is 5.41 Å². The molecule has 0 fully saturated rings. The highest BCUT2D eigenvalue weighted by Gasteiger charge is 2.46. The van der Waals surface area contributed by atoms with Crippen LogP contribution in [0.3, 0.4) is 0 Å². The lowest BCUT2D eigenvalue weighted by molar-refractivity contribution is 0.660. The zero-order valence-corrected chi connectivity index (χ0v) is 35.5. The Labute approximate surface area is 370 Å². The molecule has 0 aliphatic heterocycles. The molecule has 0 aromatic heterocycles. The first kappa shape index (κ1) is 37.1. The van der Waals surface area contributed by atoms with E-state index in [2.05, 4.69) is 255 Å². The summed E-state index contributed by atoms with van der Waals surface area (Å²) in [7, 11) is 0. The summed E-state index contributed by atoms with van der Waals surface area (Å²) in [5.41, 5.74) is 20.7. The third-order valence-electron chi connectivity index (χ3n) is 13.9. The molecule has 0 saturated heterocycles. The SMILES string of the molecule is CC1(C)c2ccccc2-c2ccc(-c3ccc(N(c4cccc(-c5ccc6ccccc6c5)c4)c4ccc5c(c4)C(c4ccccc4)(c4ccccc4)c4ccccc4-5)cc3)cc21. The molecule has 10 aromatic rings. The van der Waals surface area contributed by atoms with Crippen LogP contribution < -0.4 is 4.90 Å². The fraction of sp³-hybridized carbons (Fsp3) is 0.0645. The molecule has 63 heavy (non-hydrogen) atoms. The number of fused-ring (bicyclic) bond motifs is 7. The van der Waals surface area contributed by atoms with E-state index in [1.807, 2.05) is 0 Å². The van der Waals surface area contributed by atoms with Crippen LogP contribution in [-0.4, -0.2) is 0 Å². The van der Waals surface area contributed by atoms with Crippen molar-refractivity contribution in [2.75, 3.05) is 4.90 Å². The van der Waals surface area contributed by atoms with Crippen molar-refractivity contribution in [1.29, 1.82) is 0 Å². The van der Waals surface area contributed by atoms with E-state index in [1.54, 1.807) is 0 Å². The van der Waals surface area contributed by atoms with Crippen molar-refractivity contribution >= 4 is 27.8 Å². The molecule has 0 N–H and O–H groups in total. The number of hydrogen-bond acceptors (Lipinski definition) is 1. The van der Waals surface area contributed by atoms with Gasteiger partial charge in [0.15, 0.2) is 0 Å². The maximum absolute atomic E-state index is 2.46. The quantitative estimate of drug-likeness (QED) is 0.155. The Hall–Kier alpha value is -7.74. The van der Waals surface area contributed by atoms with Gasteiger partial charge in [0.05, 0.1) is 5.41 Å². The van der Waals surface area contributed by atoms with Crippen molar-refractivity contribution in [2.45, 2.75) is 24.7 Å². The molecule has 2 aliphatic carbocycles. The molecule has 0 amide bonds. The van der Waals surface area contributed by atoms with Crippen LogP contribution in [0, 0.1) is 0 Å². The van der Waals surface area contributed by atoms with Crippen molar-refractivity contribution in [3.05, 3.63) is 270 Å². The van der Waals surface area contributed by atoms with E-state index >= 15 is 0 Å². The second kappa shape index (κ2) is 14.4. The molecule has 0 unspecified atom stereocenters. The van der Waals surface area contributed by atoms with Crippen LogP contribution >= 0.6 is 0 Å². The molecule has 298 valence electrons. The monoisotopic (exact) mass is 803 g/mol. The molecule has 2 aliphatic rings. The highest BCUT2D eigenvalue weighted by Crippen LogP contribution is 2.57. The van der Waals surface area contributed by atoms with Crippen LogP contribution in [-0.2, 0) is 10.8 Å². The lowest BCUT2D eigenvalue weighted by Crippen LogP contribution is -2.28. The van der Waals surface area contributed by atoms with Crippen molar-refractivity contribution in [2.24, 2.45) is 0 Å². The first-order valence-corrected chi connectivity index (χ1v) is 22.1. The van der Waals surface area contributed by atoms with Gasteiger partial charge in [0, 0.05) is 22.5 Å². The van der Waals surface area contributed by atoms with Crippen LogP contribution in [0.25, 0.3) is 55.3 Å². The van der Waals surface area contributed by atoms with E-state index in [0.29, 0.717) is 0 Å². The highest BCUT2D eigenvalue weighted by atomic mass is 15.1. The maximum atomic E-state index is 2.46. The molecule has 0 spiro atoms. The molecule has 0 atom stereocenters. The number of anilines is 3. The number of rotatable bonds is 7. The topological polar surface area (TPSA) is 3.24 Å². The van der Waals surface area contributed by atoms with E-state index in [-0.39, 0.29) is 5.41 Å². The van der Waals surface area contributed by atoms with Crippen molar-refractivity contribution in [3.8, 4) is 44.5 Å². The molecule has 0 radical (unpaired) electrons. The summed E-state index contributed by atoms with van der Waals surface area (Å²) in [5, 5.41) is 2.48. The van der Waals surface area contributed by atoms with Crippen molar-refractivity contribution in [3.63, 3.8) is 0 Å². The minimum atomic E-state index is -0.506. The molecule has 10 aromatic carbocycles. The Morgan fingerprint density at radius 2 is 0.794 bits per heavy atom. The summed E-state index contributed by atoms with van der Waals surface area (Å²) in [6.07, 6.45) is 0. The molecular weight excluding hydrogens is 759 g/mol. The third kappa shape index (κ3) is 5.77. The predicted octanol–water partition coefficient (Wildman–Crippen LogP) is 16.3. The fourth-order valence-corrected chi connectivity index (χ4v) is 10.9. The van der Waals surface area contributed by atoms with Crippen molar-refractivity contribution in [1.82, 2.24) is 0 Å². The highest BCUT2D eigenvalue weighted by molar-refractivity contribution is 5.92. The van der Waals surface area contributed by atoms with E-state index in [9.17, 15) is 0 Å². The average Bonchev–Trinajstić information content (AvgIpc) is 3.77. The Kier molecular flexibility index (Phi) is 8.49. The number of nitrogens with zero attached hydrogens (tertiary/aromatic N) is 1. The Morgan fingerprint density at radius 1 is 0.286 bits per heavy atom. The van der Waals surface area contributed by atoms with Gasteiger partial charge < -0.3 is 4.90 Å². The summed E-state index contributed by atoms with van der Waals surface area (Å²) < 4.78 is 0. The molecule has 12 rings (SSSR count). The van der Waals surface area contributed by atoms with Gasteiger partial charge in [-0.1, -0.05) is 202 Å². The molecular formula is C62H45N. The lowest BCUT2D eigenvalue weighted by Gasteiger charge is -2.35. The van der Waals surface area contributed by atoms with Crippen LogP contribution in [0.5, 0.6) is 0 Å². The molecule has 0 saturated carbocycles. The minimum Gasteiger partial charge on any atom is -0.310 e. The van der Waals surface area contributed by atoms with Gasteiger partial charge >= 0.3 is 0 Å². The molecule has 1 nitrogen and oxygen atoms in total. The fourth-order valence-electron chi connectivity index (χ4n) is 10.9. The molecule has 1 heteroatoms. The van der Waals surface area contributed by atoms with E-state index in [4.69, 9.17) is 0 Å². The normalized spacial score (nSPS) is 13.8. The van der Waals surface area contributed by atoms with E-state index in [1.165, 1.54) is 88.7 Å². The summed E-state index contributed by atoms with van der Waals surface area (Å²) in [6.45, 7) is 4.71. The number of hydrogen-bond donors (Lipinski definition) is 0.